The standard InChI is InChI=1S/C25H34ClN3O6S/c1-17(24(31)27-25(2,3)4)28(15-18-9-8-10-20(13-18)34-5)23(30)16-29(36(7,32)33)21-14-19(26)11-12-22(21)35-6/h8-14,17H,15-16H2,1-7H3,(H,27,31)/t17-/m1/s1. The van der Waals surface area contributed by atoms with Crippen molar-refractivity contribution in [1.29, 1.82) is 0 Å². The molecule has 0 aliphatic rings. The monoisotopic (exact) mass is 539 g/mol. The largest absolute Gasteiger partial charge is 0.497 e. The van der Waals surface area contributed by atoms with Gasteiger partial charge in [0.15, 0.2) is 0 Å². The van der Waals surface area contributed by atoms with Gasteiger partial charge in [0.2, 0.25) is 21.8 Å². The number of carbonyl (C=O) groups is 2. The maximum absolute atomic E-state index is 13.7. The molecule has 11 heteroatoms. The maximum Gasteiger partial charge on any atom is 0.244 e. The van der Waals surface area contributed by atoms with Crippen molar-refractivity contribution < 1.29 is 27.5 Å². The first-order valence-electron chi connectivity index (χ1n) is 11.2. The Morgan fingerprint density at radius 2 is 1.75 bits per heavy atom. The van der Waals surface area contributed by atoms with Crippen LogP contribution in [0.3, 0.4) is 0 Å². The molecular weight excluding hydrogens is 506 g/mol. The van der Waals surface area contributed by atoms with Gasteiger partial charge in [-0.3, -0.25) is 13.9 Å². The zero-order valence-corrected chi connectivity index (χ0v) is 23.2. The number of nitrogens with one attached hydrogen (secondary N) is 1. The molecule has 0 unspecified atom stereocenters. The minimum absolute atomic E-state index is 0.0546. The van der Waals surface area contributed by atoms with Crippen LogP contribution in [0.2, 0.25) is 5.02 Å². The third-order valence-electron chi connectivity index (χ3n) is 5.24. The maximum atomic E-state index is 13.7. The summed E-state index contributed by atoms with van der Waals surface area (Å²) in [6, 6.07) is 10.7. The molecule has 0 aliphatic heterocycles. The van der Waals surface area contributed by atoms with Crippen LogP contribution in [-0.4, -0.2) is 63.7 Å². The molecule has 0 spiro atoms. The van der Waals surface area contributed by atoms with Crippen LogP contribution in [0.5, 0.6) is 11.5 Å². The Morgan fingerprint density at radius 3 is 2.31 bits per heavy atom. The molecule has 0 saturated heterocycles. The molecule has 2 aromatic rings. The van der Waals surface area contributed by atoms with E-state index in [4.69, 9.17) is 21.1 Å². The van der Waals surface area contributed by atoms with Gasteiger partial charge in [-0.2, -0.15) is 0 Å². The Morgan fingerprint density at radius 1 is 1.08 bits per heavy atom. The molecule has 9 nitrogen and oxygen atoms in total. The Kier molecular flexibility index (Phi) is 9.62. The Labute approximate surface area is 218 Å². The number of nitrogens with zero attached hydrogens (tertiary/aromatic N) is 2. The van der Waals surface area contributed by atoms with Gasteiger partial charge in [-0.25, -0.2) is 8.42 Å². The number of rotatable bonds is 10. The topological polar surface area (TPSA) is 105 Å². The van der Waals surface area contributed by atoms with Gasteiger partial charge in [0, 0.05) is 17.1 Å². The van der Waals surface area contributed by atoms with Crippen molar-refractivity contribution in [2.75, 3.05) is 31.3 Å². The number of ether oxygens (including phenoxy) is 2. The second-order valence-electron chi connectivity index (χ2n) is 9.37. The van der Waals surface area contributed by atoms with E-state index in [-0.39, 0.29) is 28.9 Å². The van der Waals surface area contributed by atoms with E-state index in [2.05, 4.69) is 5.32 Å². The number of hydrogen-bond acceptors (Lipinski definition) is 6. The van der Waals surface area contributed by atoms with Gasteiger partial charge in [-0.1, -0.05) is 23.7 Å². The normalized spacial score (nSPS) is 12.4. The number of methoxy groups -OCH3 is 2. The van der Waals surface area contributed by atoms with E-state index < -0.39 is 34.1 Å². The van der Waals surface area contributed by atoms with E-state index >= 15 is 0 Å². The van der Waals surface area contributed by atoms with Gasteiger partial charge >= 0.3 is 0 Å². The van der Waals surface area contributed by atoms with Crippen LogP contribution in [0.25, 0.3) is 0 Å². The van der Waals surface area contributed by atoms with Gasteiger partial charge in [0.1, 0.15) is 24.1 Å². The molecule has 2 aromatic carbocycles. The van der Waals surface area contributed by atoms with Crippen LogP contribution in [0.15, 0.2) is 42.5 Å². The Hall–Kier alpha value is -2.98. The number of carbonyl (C=O) groups excluding carboxylic acids is 2. The number of halogens is 1. The lowest BCUT2D eigenvalue weighted by Crippen LogP contribution is -2.54. The first kappa shape index (κ1) is 29.3. The van der Waals surface area contributed by atoms with Gasteiger partial charge in [0.25, 0.3) is 0 Å². The minimum Gasteiger partial charge on any atom is -0.497 e. The average Bonchev–Trinajstić information content (AvgIpc) is 2.78. The summed E-state index contributed by atoms with van der Waals surface area (Å²) in [6.45, 7) is 6.60. The molecule has 2 amide bonds. The fraction of sp³-hybridized carbons (Fsp3) is 0.440. The van der Waals surface area contributed by atoms with Crippen molar-refractivity contribution >= 4 is 39.1 Å². The smallest absolute Gasteiger partial charge is 0.244 e. The summed E-state index contributed by atoms with van der Waals surface area (Å²) in [7, 11) is -1.00. The Bertz CT molecular complexity index is 1200. The first-order valence-corrected chi connectivity index (χ1v) is 13.4. The van der Waals surface area contributed by atoms with Crippen LogP contribution in [0.4, 0.5) is 5.69 Å². The highest BCUT2D eigenvalue weighted by molar-refractivity contribution is 7.92. The molecular formula is C25H34ClN3O6S. The quantitative estimate of drug-likeness (QED) is 0.496. The second kappa shape index (κ2) is 11.8. The van der Waals surface area contributed by atoms with E-state index in [0.717, 1.165) is 10.6 Å². The number of hydrogen-bond donors (Lipinski definition) is 1. The number of anilines is 1. The fourth-order valence-corrected chi connectivity index (χ4v) is 4.49. The second-order valence-corrected chi connectivity index (χ2v) is 11.7. The van der Waals surface area contributed by atoms with Crippen molar-refractivity contribution in [3.8, 4) is 11.5 Å². The third-order valence-corrected chi connectivity index (χ3v) is 6.60. The van der Waals surface area contributed by atoms with E-state index in [0.29, 0.717) is 11.3 Å². The lowest BCUT2D eigenvalue weighted by Gasteiger charge is -2.33. The van der Waals surface area contributed by atoms with E-state index in [1.165, 1.54) is 31.3 Å². The molecule has 198 valence electrons. The third kappa shape index (κ3) is 8.03. The predicted molar refractivity (Wildman–Crippen MR) is 141 cm³/mol. The molecule has 0 aliphatic carbocycles. The van der Waals surface area contributed by atoms with Crippen LogP contribution in [0, 0.1) is 0 Å². The van der Waals surface area contributed by atoms with Crippen LogP contribution >= 0.6 is 11.6 Å². The van der Waals surface area contributed by atoms with Crippen molar-refractivity contribution in [3.63, 3.8) is 0 Å². The molecule has 0 bridgehead atoms. The fourth-order valence-electron chi connectivity index (χ4n) is 3.48. The van der Waals surface area contributed by atoms with Crippen LogP contribution in [-0.2, 0) is 26.2 Å². The average molecular weight is 540 g/mol. The van der Waals surface area contributed by atoms with Crippen molar-refractivity contribution in [2.45, 2.75) is 45.8 Å². The number of benzene rings is 2. The molecule has 1 N–H and O–H groups in total. The molecule has 1 atom stereocenters. The van der Waals surface area contributed by atoms with Crippen LogP contribution < -0.4 is 19.1 Å². The molecule has 0 radical (unpaired) electrons. The summed E-state index contributed by atoms with van der Waals surface area (Å²) < 4.78 is 37.0. The molecule has 36 heavy (non-hydrogen) atoms. The first-order chi connectivity index (χ1) is 16.7. The van der Waals surface area contributed by atoms with E-state index in [1.54, 1.807) is 37.3 Å². The minimum atomic E-state index is -3.93. The molecule has 0 fully saturated rings. The SMILES string of the molecule is COc1cccc(CN(C(=O)CN(c2cc(Cl)ccc2OC)S(C)(=O)=O)[C@H](C)C(=O)NC(C)(C)C)c1. The van der Waals surface area contributed by atoms with Crippen molar-refractivity contribution in [1.82, 2.24) is 10.2 Å². The predicted octanol–water partition coefficient (Wildman–Crippen LogP) is 3.46. The van der Waals surface area contributed by atoms with Gasteiger partial charge in [-0.15, -0.1) is 0 Å². The Balaban J connectivity index is 2.49. The van der Waals surface area contributed by atoms with Gasteiger partial charge in [-0.05, 0) is 63.6 Å². The zero-order valence-electron chi connectivity index (χ0n) is 21.7. The number of amides is 2. The molecule has 0 saturated carbocycles. The van der Waals surface area contributed by atoms with Crippen molar-refractivity contribution in [2.24, 2.45) is 0 Å². The summed E-state index contributed by atoms with van der Waals surface area (Å²) >= 11 is 6.12. The number of sulfonamides is 1. The van der Waals surface area contributed by atoms with Crippen LogP contribution in [0.1, 0.15) is 33.3 Å². The highest BCUT2D eigenvalue weighted by Crippen LogP contribution is 2.33. The lowest BCUT2D eigenvalue weighted by molar-refractivity contribution is -0.140. The summed E-state index contributed by atoms with van der Waals surface area (Å²) in [6.07, 6.45) is 0.989. The molecule has 2 rings (SSSR count). The van der Waals surface area contributed by atoms with Gasteiger partial charge in [0.05, 0.1) is 26.2 Å². The highest BCUT2D eigenvalue weighted by atomic mass is 35.5. The lowest BCUT2D eigenvalue weighted by atomic mass is 10.1. The summed E-state index contributed by atoms with van der Waals surface area (Å²) in [5.74, 6) is -0.129. The van der Waals surface area contributed by atoms with E-state index in [9.17, 15) is 18.0 Å². The highest BCUT2D eigenvalue weighted by Gasteiger charge is 2.32. The van der Waals surface area contributed by atoms with Crippen molar-refractivity contribution in [3.05, 3.63) is 53.1 Å². The van der Waals surface area contributed by atoms with Gasteiger partial charge < -0.3 is 19.7 Å². The summed E-state index contributed by atoms with van der Waals surface area (Å²) in [5.41, 5.74) is 0.307. The zero-order chi connectivity index (χ0) is 27.3. The summed E-state index contributed by atoms with van der Waals surface area (Å²) in [5, 5.41) is 3.15. The summed E-state index contributed by atoms with van der Waals surface area (Å²) in [4.78, 5) is 28.0. The molecule has 0 heterocycles. The molecule has 0 aromatic heterocycles. The van der Waals surface area contributed by atoms with E-state index in [1.807, 2.05) is 20.8 Å².